The molecule has 0 bridgehead atoms. The van der Waals surface area contributed by atoms with Gasteiger partial charge in [-0.2, -0.15) is 0 Å². The molecule has 0 aliphatic carbocycles. The zero-order valence-corrected chi connectivity index (χ0v) is 16.8. The van der Waals surface area contributed by atoms with E-state index >= 15 is 0 Å². The van der Waals surface area contributed by atoms with E-state index in [0.717, 1.165) is 16.9 Å². The molecule has 3 rings (SSSR count). The molecule has 0 unspecified atom stereocenters. The fourth-order valence-electron chi connectivity index (χ4n) is 2.87. The van der Waals surface area contributed by atoms with Crippen LogP contribution in [-0.2, 0) is 9.59 Å². The molecule has 0 saturated carbocycles. The average molecular weight is 388 g/mol. The minimum absolute atomic E-state index is 0.0683. The first kappa shape index (κ1) is 20.1. The van der Waals surface area contributed by atoms with Gasteiger partial charge in [0.25, 0.3) is 0 Å². The predicted octanol–water partition coefficient (Wildman–Crippen LogP) is 5.09. The van der Waals surface area contributed by atoms with Gasteiger partial charge in [0.15, 0.2) is 0 Å². The minimum Gasteiger partial charge on any atom is -0.457 e. The lowest BCUT2D eigenvalue weighted by molar-refractivity contribution is -0.120. The van der Waals surface area contributed by atoms with Gasteiger partial charge < -0.3 is 15.0 Å². The lowest BCUT2D eigenvalue weighted by atomic mass is 10.1. The maximum absolute atomic E-state index is 12.5. The molecule has 0 spiro atoms. The van der Waals surface area contributed by atoms with Crippen molar-refractivity contribution in [1.82, 2.24) is 0 Å². The molecule has 0 saturated heterocycles. The van der Waals surface area contributed by atoms with Crippen LogP contribution < -0.4 is 15.0 Å². The Bertz CT molecular complexity index is 998. The molecule has 5 heteroatoms. The van der Waals surface area contributed by atoms with Crippen LogP contribution in [0.2, 0.25) is 0 Å². The summed E-state index contributed by atoms with van der Waals surface area (Å²) in [5.74, 6) is 0.921. The SMILES string of the molecule is CC(=O)N(CC(=O)Nc1ccc(C)c(C)c1)c1ccc(Oc2ccccc2)cc1. The van der Waals surface area contributed by atoms with Crippen molar-refractivity contribution in [2.24, 2.45) is 0 Å². The molecule has 3 aromatic carbocycles. The highest BCUT2D eigenvalue weighted by Gasteiger charge is 2.16. The Morgan fingerprint density at radius 1 is 0.862 bits per heavy atom. The Kier molecular flexibility index (Phi) is 6.29. The number of hydrogen-bond acceptors (Lipinski definition) is 3. The van der Waals surface area contributed by atoms with Crippen LogP contribution >= 0.6 is 0 Å². The van der Waals surface area contributed by atoms with Crippen LogP contribution in [-0.4, -0.2) is 18.4 Å². The number of carbonyl (C=O) groups is 2. The van der Waals surface area contributed by atoms with E-state index in [1.54, 1.807) is 24.3 Å². The molecule has 0 aliphatic rings. The molecule has 3 aromatic rings. The van der Waals surface area contributed by atoms with Gasteiger partial charge in [-0.3, -0.25) is 9.59 Å². The normalized spacial score (nSPS) is 10.3. The first-order valence-corrected chi connectivity index (χ1v) is 9.40. The van der Waals surface area contributed by atoms with Gasteiger partial charge in [0, 0.05) is 18.3 Å². The highest BCUT2D eigenvalue weighted by Crippen LogP contribution is 2.24. The van der Waals surface area contributed by atoms with Gasteiger partial charge in [-0.15, -0.1) is 0 Å². The molecule has 0 fully saturated rings. The summed E-state index contributed by atoms with van der Waals surface area (Å²) in [5.41, 5.74) is 3.60. The highest BCUT2D eigenvalue weighted by atomic mass is 16.5. The number of nitrogens with one attached hydrogen (secondary N) is 1. The first-order valence-electron chi connectivity index (χ1n) is 9.40. The lowest BCUT2D eigenvalue weighted by Gasteiger charge is -2.21. The summed E-state index contributed by atoms with van der Waals surface area (Å²) >= 11 is 0. The number of ether oxygens (including phenoxy) is 1. The number of anilines is 2. The first-order chi connectivity index (χ1) is 13.9. The molecule has 0 atom stereocenters. The second-order valence-electron chi connectivity index (χ2n) is 6.86. The van der Waals surface area contributed by atoms with E-state index in [1.165, 1.54) is 11.8 Å². The van der Waals surface area contributed by atoms with E-state index in [9.17, 15) is 9.59 Å². The Morgan fingerprint density at radius 2 is 1.52 bits per heavy atom. The number of amides is 2. The molecular weight excluding hydrogens is 364 g/mol. The topological polar surface area (TPSA) is 58.6 Å². The van der Waals surface area contributed by atoms with Gasteiger partial charge in [-0.05, 0) is 73.5 Å². The molecule has 0 aliphatic heterocycles. The molecule has 0 aromatic heterocycles. The summed E-state index contributed by atoms with van der Waals surface area (Å²) in [6, 6.07) is 22.3. The van der Waals surface area contributed by atoms with Gasteiger partial charge in [0.05, 0.1) is 0 Å². The van der Waals surface area contributed by atoms with Crippen molar-refractivity contribution < 1.29 is 14.3 Å². The number of nitrogens with zero attached hydrogens (tertiary/aromatic N) is 1. The second kappa shape index (κ2) is 9.06. The Labute approximate surface area is 170 Å². The van der Waals surface area contributed by atoms with Crippen LogP contribution in [0.5, 0.6) is 11.5 Å². The standard InChI is InChI=1S/C24H24N2O3/c1-17-9-10-20(15-18(17)2)25-24(28)16-26(19(3)27)21-11-13-23(14-12-21)29-22-7-5-4-6-8-22/h4-15H,16H2,1-3H3,(H,25,28). The third kappa shape index (κ3) is 5.45. The number of aryl methyl sites for hydroxylation is 2. The van der Waals surface area contributed by atoms with Crippen molar-refractivity contribution in [1.29, 1.82) is 0 Å². The van der Waals surface area contributed by atoms with E-state index in [-0.39, 0.29) is 18.4 Å². The molecule has 0 radical (unpaired) electrons. The van der Waals surface area contributed by atoms with Crippen LogP contribution in [0.3, 0.4) is 0 Å². The molecular formula is C24H24N2O3. The van der Waals surface area contributed by atoms with E-state index in [4.69, 9.17) is 4.74 Å². The maximum atomic E-state index is 12.5. The molecule has 148 valence electrons. The zero-order chi connectivity index (χ0) is 20.8. The van der Waals surface area contributed by atoms with Crippen molar-refractivity contribution in [3.63, 3.8) is 0 Å². The van der Waals surface area contributed by atoms with Crippen molar-refractivity contribution >= 4 is 23.2 Å². The molecule has 1 N–H and O–H groups in total. The average Bonchev–Trinajstić information content (AvgIpc) is 2.70. The molecule has 29 heavy (non-hydrogen) atoms. The summed E-state index contributed by atoms with van der Waals surface area (Å²) in [5, 5.41) is 2.85. The highest BCUT2D eigenvalue weighted by molar-refractivity contribution is 6.01. The quantitative estimate of drug-likeness (QED) is 0.640. The van der Waals surface area contributed by atoms with Gasteiger partial charge in [0.2, 0.25) is 11.8 Å². The predicted molar refractivity (Wildman–Crippen MR) is 116 cm³/mol. The van der Waals surface area contributed by atoms with Crippen LogP contribution in [0.1, 0.15) is 18.1 Å². The van der Waals surface area contributed by atoms with Gasteiger partial charge in [-0.25, -0.2) is 0 Å². The maximum Gasteiger partial charge on any atom is 0.244 e. The van der Waals surface area contributed by atoms with Gasteiger partial charge in [-0.1, -0.05) is 24.3 Å². The van der Waals surface area contributed by atoms with Crippen LogP contribution in [0.4, 0.5) is 11.4 Å². The van der Waals surface area contributed by atoms with Gasteiger partial charge in [0.1, 0.15) is 18.0 Å². The molecule has 2 amide bonds. The number of benzene rings is 3. The van der Waals surface area contributed by atoms with Crippen molar-refractivity contribution in [3.8, 4) is 11.5 Å². The third-order valence-electron chi connectivity index (χ3n) is 4.60. The zero-order valence-electron chi connectivity index (χ0n) is 16.8. The van der Waals surface area contributed by atoms with E-state index in [2.05, 4.69) is 5.32 Å². The summed E-state index contributed by atoms with van der Waals surface area (Å²) < 4.78 is 5.77. The molecule has 5 nitrogen and oxygen atoms in total. The Hall–Kier alpha value is -3.60. The van der Waals surface area contributed by atoms with Crippen LogP contribution in [0.25, 0.3) is 0 Å². The summed E-state index contributed by atoms with van der Waals surface area (Å²) in [6.45, 7) is 5.38. The third-order valence-corrected chi connectivity index (χ3v) is 4.60. The van der Waals surface area contributed by atoms with E-state index < -0.39 is 0 Å². The van der Waals surface area contributed by atoms with Crippen LogP contribution in [0.15, 0.2) is 72.8 Å². The van der Waals surface area contributed by atoms with Gasteiger partial charge >= 0.3 is 0 Å². The largest absolute Gasteiger partial charge is 0.457 e. The molecule has 0 heterocycles. The number of para-hydroxylation sites is 1. The van der Waals surface area contributed by atoms with Crippen LogP contribution in [0, 0.1) is 13.8 Å². The number of rotatable bonds is 6. The smallest absolute Gasteiger partial charge is 0.244 e. The van der Waals surface area contributed by atoms with E-state index in [0.29, 0.717) is 17.1 Å². The number of carbonyl (C=O) groups excluding carboxylic acids is 2. The second-order valence-corrected chi connectivity index (χ2v) is 6.86. The number of hydrogen-bond donors (Lipinski definition) is 1. The minimum atomic E-state index is -0.256. The van der Waals surface area contributed by atoms with E-state index in [1.807, 2.05) is 62.4 Å². The fourth-order valence-corrected chi connectivity index (χ4v) is 2.87. The lowest BCUT2D eigenvalue weighted by Crippen LogP contribution is -2.36. The Balaban J connectivity index is 1.68. The summed E-state index contributed by atoms with van der Waals surface area (Å²) in [6.07, 6.45) is 0. The van der Waals surface area contributed by atoms with Crippen molar-refractivity contribution in [3.05, 3.63) is 83.9 Å². The van der Waals surface area contributed by atoms with Crippen molar-refractivity contribution in [2.45, 2.75) is 20.8 Å². The van der Waals surface area contributed by atoms with Crippen molar-refractivity contribution in [2.75, 3.05) is 16.8 Å². The monoisotopic (exact) mass is 388 g/mol. The summed E-state index contributed by atoms with van der Waals surface area (Å²) in [4.78, 5) is 26.0. The fraction of sp³-hybridized carbons (Fsp3) is 0.167. The summed E-state index contributed by atoms with van der Waals surface area (Å²) in [7, 11) is 0. The Morgan fingerprint density at radius 3 is 2.14 bits per heavy atom.